The molecule has 0 fully saturated rings. The first-order chi connectivity index (χ1) is 12.5. The number of carbonyl (C=O) groups is 1. The molecular formula is C19H23BrN4O2. The van der Waals surface area contributed by atoms with Gasteiger partial charge in [0.1, 0.15) is 5.75 Å². The van der Waals surface area contributed by atoms with Gasteiger partial charge in [-0.15, -0.1) is 0 Å². The molecule has 0 spiro atoms. The van der Waals surface area contributed by atoms with E-state index >= 15 is 0 Å². The molecule has 0 saturated heterocycles. The summed E-state index contributed by atoms with van der Waals surface area (Å²) < 4.78 is 6.15. The van der Waals surface area contributed by atoms with E-state index < -0.39 is 0 Å². The number of hydrogen-bond acceptors (Lipinski definition) is 3. The monoisotopic (exact) mass is 418 g/mol. The molecular weight excluding hydrogens is 396 g/mol. The van der Waals surface area contributed by atoms with Gasteiger partial charge < -0.3 is 20.7 Å². The molecule has 2 aromatic rings. The Balaban J connectivity index is 1.82. The van der Waals surface area contributed by atoms with Crippen molar-refractivity contribution in [2.45, 2.75) is 13.0 Å². The lowest BCUT2D eigenvalue weighted by molar-refractivity contribution is -0.130. The Labute approximate surface area is 162 Å². The van der Waals surface area contributed by atoms with Crippen LogP contribution in [-0.2, 0) is 11.3 Å². The third-order valence-electron chi connectivity index (χ3n) is 3.74. The summed E-state index contributed by atoms with van der Waals surface area (Å²) in [5.41, 5.74) is 7.71. The van der Waals surface area contributed by atoms with Gasteiger partial charge in [-0.1, -0.05) is 40.2 Å². The minimum absolute atomic E-state index is 0.0127. The largest absolute Gasteiger partial charge is 0.497 e. The molecule has 7 heteroatoms. The van der Waals surface area contributed by atoms with Crippen LogP contribution in [0.25, 0.3) is 0 Å². The molecule has 0 aliphatic carbocycles. The molecule has 0 radical (unpaired) electrons. The number of nitrogens with zero attached hydrogens (tertiary/aromatic N) is 2. The Morgan fingerprint density at radius 3 is 2.77 bits per heavy atom. The Morgan fingerprint density at radius 2 is 2.04 bits per heavy atom. The number of nitrogens with two attached hydrogens (primary N) is 1. The van der Waals surface area contributed by atoms with Gasteiger partial charge in [0.15, 0.2) is 5.96 Å². The highest BCUT2D eigenvalue weighted by Crippen LogP contribution is 2.18. The lowest BCUT2D eigenvalue weighted by Crippen LogP contribution is -2.28. The predicted octanol–water partition coefficient (Wildman–Crippen LogP) is 3.23. The Bertz CT molecular complexity index is 780. The number of carbonyl (C=O) groups excluding carboxylic acids is 1. The van der Waals surface area contributed by atoms with Crippen LogP contribution in [0.2, 0.25) is 0 Å². The number of benzene rings is 2. The van der Waals surface area contributed by atoms with Crippen molar-refractivity contribution in [3.63, 3.8) is 0 Å². The fraction of sp³-hybridized carbons (Fsp3) is 0.263. The maximum Gasteiger partial charge on any atom is 0.224 e. The van der Waals surface area contributed by atoms with E-state index in [9.17, 15) is 4.79 Å². The summed E-state index contributed by atoms with van der Waals surface area (Å²) in [6.45, 7) is 0.865. The molecule has 0 heterocycles. The molecule has 0 aliphatic rings. The summed E-state index contributed by atoms with van der Waals surface area (Å²) >= 11 is 3.49. The van der Waals surface area contributed by atoms with Gasteiger partial charge in [-0.3, -0.25) is 9.79 Å². The standard InChI is InChI=1S/C19H23BrN4O2/c1-24(13-14-6-3-4-9-17(14)20)18(25)10-11-22-19(21)23-15-7-5-8-16(12-15)26-2/h3-9,12H,10-11,13H2,1-2H3,(H3,21,22,23). The van der Waals surface area contributed by atoms with E-state index in [2.05, 4.69) is 26.2 Å². The number of rotatable bonds is 7. The third kappa shape index (κ3) is 6.07. The van der Waals surface area contributed by atoms with E-state index in [1.807, 2.05) is 48.5 Å². The zero-order chi connectivity index (χ0) is 18.9. The molecule has 3 N–H and O–H groups in total. The first-order valence-electron chi connectivity index (χ1n) is 8.18. The molecule has 1 amide bonds. The predicted molar refractivity (Wildman–Crippen MR) is 108 cm³/mol. The Morgan fingerprint density at radius 1 is 1.27 bits per heavy atom. The minimum Gasteiger partial charge on any atom is -0.497 e. The van der Waals surface area contributed by atoms with Crippen molar-refractivity contribution in [3.8, 4) is 5.75 Å². The highest BCUT2D eigenvalue weighted by Gasteiger charge is 2.10. The second kappa shape index (κ2) is 9.82. The summed E-state index contributed by atoms with van der Waals surface area (Å²) in [5.74, 6) is 1.00. The van der Waals surface area contributed by atoms with Crippen molar-refractivity contribution in [1.82, 2.24) is 4.90 Å². The zero-order valence-electron chi connectivity index (χ0n) is 14.9. The quantitative estimate of drug-likeness (QED) is 0.534. The second-order valence-electron chi connectivity index (χ2n) is 5.72. The molecule has 2 rings (SSSR count). The molecule has 0 aromatic heterocycles. The molecule has 0 bridgehead atoms. The van der Waals surface area contributed by atoms with Crippen molar-refractivity contribution in [2.24, 2.45) is 10.7 Å². The topological polar surface area (TPSA) is 80.0 Å². The molecule has 0 aliphatic heterocycles. The Hall–Kier alpha value is -2.54. The van der Waals surface area contributed by atoms with Gasteiger partial charge in [0, 0.05) is 36.2 Å². The first-order valence-corrected chi connectivity index (χ1v) is 8.97. The number of ether oxygens (including phenoxy) is 1. The molecule has 0 unspecified atom stereocenters. The minimum atomic E-state index is 0.0127. The normalized spacial score (nSPS) is 11.1. The summed E-state index contributed by atoms with van der Waals surface area (Å²) in [6.07, 6.45) is 0.293. The third-order valence-corrected chi connectivity index (χ3v) is 4.51. The van der Waals surface area contributed by atoms with Crippen molar-refractivity contribution >= 4 is 33.5 Å². The number of amides is 1. The van der Waals surface area contributed by atoms with Crippen LogP contribution in [-0.4, -0.2) is 37.5 Å². The fourth-order valence-electron chi connectivity index (χ4n) is 2.32. The van der Waals surface area contributed by atoms with Crippen LogP contribution in [0, 0.1) is 0 Å². The number of halogens is 1. The first kappa shape index (κ1) is 19.8. The smallest absolute Gasteiger partial charge is 0.224 e. The van der Waals surface area contributed by atoms with Crippen molar-refractivity contribution < 1.29 is 9.53 Å². The maximum absolute atomic E-state index is 12.2. The summed E-state index contributed by atoms with van der Waals surface area (Å²) in [6, 6.07) is 15.2. The van der Waals surface area contributed by atoms with Crippen molar-refractivity contribution in [3.05, 3.63) is 58.6 Å². The highest BCUT2D eigenvalue weighted by molar-refractivity contribution is 9.10. The van der Waals surface area contributed by atoms with E-state index in [0.29, 0.717) is 19.5 Å². The van der Waals surface area contributed by atoms with Crippen LogP contribution in [0.4, 0.5) is 5.69 Å². The van der Waals surface area contributed by atoms with Gasteiger partial charge in [0.2, 0.25) is 5.91 Å². The van der Waals surface area contributed by atoms with Crippen LogP contribution < -0.4 is 15.8 Å². The highest BCUT2D eigenvalue weighted by atomic mass is 79.9. The van der Waals surface area contributed by atoms with Gasteiger partial charge >= 0.3 is 0 Å². The van der Waals surface area contributed by atoms with E-state index in [-0.39, 0.29) is 11.9 Å². The zero-order valence-corrected chi connectivity index (χ0v) is 16.5. The van der Waals surface area contributed by atoms with Crippen LogP contribution in [0.5, 0.6) is 5.75 Å². The number of hydrogen-bond donors (Lipinski definition) is 2. The van der Waals surface area contributed by atoms with E-state index in [4.69, 9.17) is 10.5 Å². The number of aliphatic imine (C=N–C) groups is 1. The number of guanidine groups is 1. The Kier molecular flexibility index (Phi) is 7.47. The lowest BCUT2D eigenvalue weighted by Gasteiger charge is -2.17. The van der Waals surface area contributed by atoms with Gasteiger partial charge in [0.25, 0.3) is 0 Å². The number of methoxy groups -OCH3 is 1. The molecule has 0 saturated carbocycles. The van der Waals surface area contributed by atoms with Crippen LogP contribution in [0.1, 0.15) is 12.0 Å². The summed E-state index contributed by atoms with van der Waals surface area (Å²) in [4.78, 5) is 18.1. The average molecular weight is 419 g/mol. The van der Waals surface area contributed by atoms with Gasteiger partial charge in [0.05, 0.1) is 13.7 Å². The van der Waals surface area contributed by atoms with Crippen molar-refractivity contribution in [1.29, 1.82) is 0 Å². The van der Waals surface area contributed by atoms with Gasteiger partial charge in [-0.05, 0) is 23.8 Å². The van der Waals surface area contributed by atoms with E-state index in [0.717, 1.165) is 21.5 Å². The number of anilines is 1. The van der Waals surface area contributed by atoms with Crippen LogP contribution in [0.15, 0.2) is 58.0 Å². The maximum atomic E-state index is 12.2. The second-order valence-corrected chi connectivity index (χ2v) is 6.57. The van der Waals surface area contributed by atoms with Crippen LogP contribution in [0.3, 0.4) is 0 Å². The van der Waals surface area contributed by atoms with Crippen LogP contribution >= 0.6 is 15.9 Å². The summed E-state index contributed by atoms with van der Waals surface area (Å²) in [5, 5.41) is 2.98. The average Bonchev–Trinajstić information content (AvgIpc) is 2.63. The molecule has 138 valence electrons. The molecule has 0 atom stereocenters. The molecule has 26 heavy (non-hydrogen) atoms. The van der Waals surface area contributed by atoms with Gasteiger partial charge in [-0.2, -0.15) is 0 Å². The van der Waals surface area contributed by atoms with E-state index in [1.54, 1.807) is 19.1 Å². The van der Waals surface area contributed by atoms with Crippen molar-refractivity contribution in [2.75, 3.05) is 26.0 Å². The summed E-state index contributed by atoms with van der Waals surface area (Å²) in [7, 11) is 3.38. The van der Waals surface area contributed by atoms with E-state index in [1.165, 1.54) is 0 Å². The molecule has 6 nitrogen and oxygen atoms in total. The lowest BCUT2D eigenvalue weighted by atomic mass is 10.2. The van der Waals surface area contributed by atoms with Gasteiger partial charge in [-0.25, -0.2) is 0 Å². The SMILES string of the molecule is COc1cccc(NC(N)=NCCC(=O)N(C)Cc2ccccc2Br)c1. The number of nitrogens with one attached hydrogen (secondary N) is 1. The fourth-order valence-corrected chi connectivity index (χ4v) is 2.73. The molecule has 2 aromatic carbocycles.